The molecule has 0 aromatic heterocycles. The molecule has 1 aliphatic carbocycles. The number of ether oxygens (including phenoxy) is 2. The summed E-state index contributed by atoms with van der Waals surface area (Å²) in [4.78, 5) is 25.0. The molecule has 2 amide bonds. The van der Waals surface area contributed by atoms with Crippen LogP contribution >= 0.6 is 23.2 Å². The van der Waals surface area contributed by atoms with Crippen LogP contribution in [0.2, 0.25) is 10.0 Å². The summed E-state index contributed by atoms with van der Waals surface area (Å²) in [6.45, 7) is 5.60. The molecule has 3 rings (SSSR count). The van der Waals surface area contributed by atoms with Crippen LogP contribution in [0.1, 0.15) is 62.3 Å². The van der Waals surface area contributed by atoms with Gasteiger partial charge in [0, 0.05) is 13.0 Å². The first-order chi connectivity index (χ1) is 15.1. The molecule has 0 heterocycles. The van der Waals surface area contributed by atoms with Crippen LogP contribution in [-0.2, 0) is 9.53 Å². The fourth-order valence-electron chi connectivity index (χ4n) is 3.98. The molecule has 8 heteroatoms. The first-order valence-electron chi connectivity index (χ1n) is 10.4. The minimum absolute atomic E-state index is 0.0606. The number of fused-ring (bicyclic) bond motifs is 1. The lowest BCUT2D eigenvalue weighted by Crippen LogP contribution is -2.38. The number of hydrogen-bond acceptors (Lipinski definition) is 4. The third-order valence-electron chi connectivity index (χ3n) is 5.42. The third kappa shape index (κ3) is 5.67. The van der Waals surface area contributed by atoms with Crippen molar-refractivity contribution in [2.24, 2.45) is 0 Å². The summed E-state index contributed by atoms with van der Waals surface area (Å²) in [7, 11) is 1.75. The summed E-state index contributed by atoms with van der Waals surface area (Å²) in [5.74, 6) is 0.709. The highest BCUT2D eigenvalue weighted by molar-refractivity contribution is 6.42. The molecule has 6 nitrogen and oxygen atoms in total. The molecule has 0 bridgehead atoms. The van der Waals surface area contributed by atoms with Crippen molar-refractivity contribution in [3.63, 3.8) is 0 Å². The largest absolute Gasteiger partial charge is 0.473 e. The smallest absolute Gasteiger partial charge is 0.410 e. The zero-order valence-electron chi connectivity index (χ0n) is 18.7. The fourth-order valence-corrected chi connectivity index (χ4v) is 4.29. The molecule has 172 valence electrons. The van der Waals surface area contributed by atoms with E-state index in [4.69, 9.17) is 32.7 Å². The molecular formula is C24H28Cl2N2O4. The van der Waals surface area contributed by atoms with Crippen molar-refractivity contribution in [2.45, 2.75) is 51.2 Å². The minimum atomic E-state index is -0.586. The second-order valence-electron chi connectivity index (χ2n) is 8.81. The fraction of sp³-hybridized carbons (Fsp3) is 0.417. The van der Waals surface area contributed by atoms with Gasteiger partial charge < -0.3 is 19.7 Å². The lowest BCUT2D eigenvalue weighted by molar-refractivity contribution is -0.110. The Labute approximate surface area is 198 Å². The van der Waals surface area contributed by atoms with Gasteiger partial charge in [-0.25, -0.2) is 4.79 Å². The Morgan fingerprint density at radius 3 is 2.53 bits per heavy atom. The molecule has 2 atom stereocenters. The lowest BCUT2D eigenvalue weighted by Gasteiger charge is -2.37. The predicted octanol–water partition coefficient (Wildman–Crippen LogP) is 5.91. The number of nitrogens with one attached hydrogen (secondary N) is 1. The zero-order valence-corrected chi connectivity index (χ0v) is 20.2. The van der Waals surface area contributed by atoms with Gasteiger partial charge in [-0.1, -0.05) is 35.3 Å². The Hall–Kier alpha value is -2.44. The number of carbonyl (C=O) groups is 2. The Morgan fingerprint density at radius 1 is 1.12 bits per heavy atom. The molecule has 0 spiro atoms. The number of benzene rings is 2. The van der Waals surface area contributed by atoms with Crippen LogP contribution in [0.25, 0.3) is 0 Å². The molecule has 32 heavy (non-hydrogen) atoms. The van der Waals surface area contributed by atoms with Gasteiger partial charge in [-0.3, -0.25) is 4.79 Å². The first-order valence-corrected chi connectivity index (χ1v) is 11.2. The monoisotopic (exact) mass is 478 g/mol. The molecule has 2 unspecified atom stereocenters. The molecule has 0 saturated carbocycles. The van der Waals surface area contributed by atoms with Crippen molar-refractivity contribution in [1.29, 1.82) is 0 Å². The van der Waals surface area contributed by atoms with Crippen LogP contribution in [0.5, 0.6) is 5.75 Å². The SMILES string of the molecule is CN(C(=O)OC(C)(C)C)C1CCC(c2ccc(Cl)c(Cl)c2)c2ccc(OCNC=O)cc21. The van der Waals surface area contributed by atoms with Crippen LogP contribution in [0.3, 0.4) is 0 Å². The van der Waals surface area contributed by atoms with Crippen LogP contribution < -0.4 is 10.1 Å². The number of halogens is 2. The number of amides is 2. The highest BCUT2D eigenvalue weighted by Crippen LogP contribution is 2.45. The molecule has 0 radical (unpaired) electrons. The van der Waals surface area contributed by atoms with Gasteiger partial charge >= 0.3 is 6.09 Å². The maximum absolute atomic E-state index is 12.8. The van der Waals surface area contributed by atoms with Crippen LogP contribution in [0, 0.1) is 0 Å². The van der Waals surface area contributed by atoms with E-state index in [2.05, 4.69) is 5.32 Å². The number of nitrogens with zero attached hydrogens (tertiary/aromatic N) is 1. The Balaban J connectivity index is 1.98. The second kappa shape index (κ2) is 10.0. The van der Waals surface area contributed by atoms with Crippen molar-refractivity contribution >= 4 is 35.7 Å². The average Bonchev–Trinajstić information content (AvgIpc) is 2.73. The Morgan fingerprint density at radius 2 is 1.88 bits per heavy atom. The van der Waals surface area contributed by atoms with Crippen molar-refractivity contribution < 1.29 is 19.1 Å². The molecule has 1 aliphatic rings. The van der Waals surface area contributed by atoms with Gasteiger partial charge in [-0.15, -0.1) is 0 Å². The molecule has 1 N–H and O–H groups in total. The van der Waals surface area contributed by atoms with Gasteiger partial charge in [0.2, 0.25) is 6.41 Å². The maximum atomic E-state index is 12.8. The standard InChI is InChI=1S/C24H28Cl2N2O4/c1-24(2,3)32-23(30)28(4)22-10-8-17(15-5-9-20(25)21(26)11-15)18-7-6-16(12-19(18)22)31-14-27-13-29/h5-7,9,11-13,17,22H,8,10,14H2,1-4H3,(H,27,29). The van der Waals surface area contributed by atoms with Crippen LogP contribution in [0.4, 0.5) is 4.79 Å². The number of rotatable bonds is 6. The average molecular weight is 479 g/mol. The summed E-state index contributed by atoms with van der Waals surface area (Å²) >= 11 is 12.4. The third-order valence-corrected chi connectivity index (χ3v) is 6.16. The van der Waals surface area contributed by atoms with Gasteiger partial charge in [0.25, 0.3) is 0 Å². The number of carbonyl (C=O) groups excluding carboxylic acids is 2. The Kier molecular flexibility index (Phi) is 7.57. The van der Waals surface area contributed by atoms with E-state index in [0.29, 0.717) is 22.2 Å². The minimum Gasteiger partial charge on any atom is -0.473 e. The highest BCUT2D eigenvalue weighted by Gasteiger charge is 2.34. The zero-order chi connectivity index (χ0) is 23.5. The molecule has 2 aromatic rings. The van der Waals surface area contributed by atoms with Crippen molar-refractivity contribution in [3.05, 3.63) is 63.1 Å². The quantitative estimate of drug-likeness (QED) is 0.318. The topological polar surface area (TPSA) is 67.9 Å². The summed E-state index contributed by atoms with van der Waals surface area (Å²) in [6.07, 6.45) is 1.77. The van der Waals surface area contributed by atoms with Gasteiger partial charge in [0.1, 0.15) is 11.4 Å². The van der Waals surface area contributed by atoms with Crippen molar-refractivity contribution in [2.75, 3.05) is 13.8 Å². The summed E-state index contributed by atoms with van der Waals surface area (Å²) < 4.78 is 11.2. The first kappa shape index (κ1) is 24.2. The summed E-state index contributed by atoms with van der Waals surface area (Å²) in [5, 5.41) is 3.51. The normalized spacial score (nSPS) is 17.8. The highest BCUT2D eigenvalue weighted by atomic mass is 35.5. The summed E-state index contributed by atoms with van der Waals surface area (Å²) in [5.41, 5.74) is 2.54. The van der Waals surface area contributed by atoms with E-state index in [0.717, 1.165) is 29.5 Å². The van der Waals surface area contributed by atoms with Crippen LogP contribution in [-0.4, -0.2) is 36.8 Å². The van der Waals surface area contributed by atoms with Crippen molar-refractivity contribution in [3.8, 4) is 5.75 Å². The van der Waals surface area contributed by atoms with Gasteiger partial charge in [-0.2, -0.15) is 0 Å². The summed E-state index contributed by atoms with van der Waals surface area (Å²) in [6, 6.07) is 11.3. The van der Waals surface area contributed by atoms with Gasteiger partial charge in [0.15, 0.2) is 6.73 Å². The van der Waals surface area contributed by atoms with E-state index in [1.54, 1.807) is 18.0 Å². The lowest BCUT2D eigenvalue weighted by atomic mass is 9.76. The van der Waals surface area contributed by atoms with E-state index in [-0.39, 0.29) is 24.8 Å². The van der Waals surface area contributed by atoms with Gasteiger partial charge in [0.05, 0.1) is 16.1 Å². The van der Waals surface area contributed by atoms with E-state index in [1.165, 1.54) is 0 Å². The molecule has 0 aliphatic heterocycles. The predicted molar refractivity (Wildman–Crippen MR) is 125 cm³/mol. The molecular weight excluding hydrogens is 451 g/mol. The van der Waals surface area contributed by atoms with Crippen LogP contribution in [0.15, 0.2) is 36.4 Å². The molecule has 2 aromatic carbocycles. The van der Waals surface area contributed by atoms with Crippen molar-refractivity contribution in [1.82, 2.24) is 10.2 Å². The molecule has 0 saturated heterocycles. The van der Waals surface area contributed by atoms with Gasteiger partial charge in [-0.05, 0) is 74.6 Å². The second-order valence-corrected chi connectivity index (χ2v) is 9.63. The van der Waals surface area contributed by atoms with E-state index < -0.39 is 5.60 Å². The molecule has 0 fully saturated rings. The Bertz CT molecular complexity index is 990. The van der Waals surface area contributed by atoms with E-state index in [1.807, 2.05) is 51.1 Å². The van der Waals surface area contributed by atoms with E-state index >= 15 is 0 Å². The van der Waals surface area contributed by atoms with E-state index in [9.17, 15) is 9.59 Å². The maximum Gasteiger partial charge on any atom is 0.410 e. The number of hydrogen-bond donors (Lipinski definition) is 1.